The van der Waals surface area contributed by atoms with Crippen LogP contribution in [0.25, 0.3) is 0 Å². The fourth-order valence-electron chi connectivity index (χ4n) is 2.25. The van der Waals surface area contributed by atoms with E-state index in [0.29, 0.717) is 28.0 Å². The van der Waals surface area contributed by atoms with Gasteiger partial charge in [-0.3, -0.25) is 4.68 Å². The maximum Gasteiger partial charge on any atom is 0.130 e. The predicted octanol–water partition coefficient (Wildman–Crippen LogP) is 4.63. The maximum absolute atomic E-state index is 6.28. The van der Waals surface area contributed by atoms with Gasteiger partial charge >= 0.3 is 0 Å². The molecule has 21 heavy (non-hydrogen) atoms. The second-order valence-electron chi connectivity index (χ2n) is 4.66. The number of hydrogen-bond donors (Lipinski definition) is 1. The topological polar surface area (TPSA) is 54.6 Å². The van der Waals surface area contributed by atoms with Crippen LogP contribution >= 0.6 is 23.2 Å². The van der Waals surface area contributed by atoms with Gasteiger partial charge in [-0.25, -0.2) is 0 Å². The Morgan fingerprint density at radius 2 is 2.00 bits per heavy atom. The number of rotatable bonds is 4. The van der Waals surface area contributed by atoms with Crippen molar-refractivity contribution in [2.24, 2.45) is 15.8 Å². The van der Waals surface area contributed by atoms with Gasteiger partial charge in [0.15, 0.2) is 0 Å². The van der Waals surface area contributed by atoms with E-state index in [-0.39, 0.29) is 0 Å². The zero-order valence-corrected chi connectivity index (χ0v) is 13.9. The lowest BCUT2D eigenvalue weighted by molar-refractivity contribution is 0.746. The van der Waals surface area contributed by atoms with E-state index in [1.807, 2.05) is 17.9 Å². The molecule has 5 nitrogen and oxygen atoms in total. The summed E-state index contributed by atoms with van der Waals surface area (Å²) in [7, 11) is 1.92. The zero-order chi connectivity index (χ0) is 15.0. The van der Waals surface area contributed by atoms with E-state index in [0.717, 1.165) is 34.7 Å². The van der Waals surface area contributed by atoms with Crippen molar-refractivity contribution in [1.29, 1.82) is 0 Å². The largest absolute Gasteiger partial charge is 0.378 e. The molecule has 3 rings (SSSR count). The number of nitrogens with zero attached hydrogens (tertiary/aromatic N) is 4. The smallest absolute Gasteiger partial charge is 0.130 e. The van der Waals surface area contributed by atoms with E-state index >= 15 is 0 Å². The van der Waals surface area contributed by atoms with Crippen molar-refractivity contribution in [3.05, 3.63) is 33.6 Å². The third-order valence-electron chi connectivity index (χ3n) is 3.23. The van der Waals surface area contributed by atoms with Gasteiger partial charge in [0.2, 0.25) is 0 Å². The average molecular weight is 342 g/mol. The Morgan fingerprint density at radius 3 is 2.76 bits per heavy atom. The van der Waals surface area contributed by atoms with Gasteiger partial charge in [-0.2, -0.15) is 13.8 Å². The van der Waals surface area contributed by atoms with Crippen molar-refractivity contribution >= 4 is 51.6 Å². The minimum Gasteiger partial charge on any atom is -0.378 e. The van der Waals surface area contributed by atoms with Crippen LogP contribution in [0.2, 0.25) is 10.0 Å². The minimum atomic E-state index is 0.518. The molecule has 0 saturated carbocycles. The second kappa shape index (κ2) is 5.79. The third-order valence-corrected chi connectivity index (χ3v) is 4.34. The Morgan fingerprint density at radius 1 is 1.24 bits per heavy atom. The molecule has 2 aromatic rings. The highest BCUT2D eigenvalue weighted by atomic mass is 35.5. The summed E-state index contributed by atoms with van der Waals surface area (Å²) < 4.78 is 10.3. The van der Waals surface area contributed by atoms with E-state index in [2.05, 4.69) is 26.1 Å². The molecule has 2 heterocycles. The fourth-order valence-corrected chi connectivity index (χ4v) is 3.43. The summed E-state index contributed by atoms with van der Waals surface area (Å²) in [6, 6.07) is 1.69. The summed E-state index contributed by atoms with van der Waals surface area (Å²) in [6.45, 7) is 2.72. The van der Waals surface area contributed by atoms with E-state index in [9.17, 15) is 0 Å². The molecule has 0 amide bonds. The molecule has 1 aliphatic rings. The normalized spacial score (nSPS) is 12.4. The number of halogens is 2. The average Bonchev–Trinajstić information content (AvgIpc) is 3.05. The number of nitrogens with one attached hydrogen (secondary N) is 1. The van der Waals surface area contributed by atoms with Crippen LogP contribution in [0.15, 0.2) is 21.0 Å². The fraction of sp³-hybridized carbons (Fsp3) is 0.308. The van der Waals surface area contributed by atoms with Crippen molar-refractivity contribution in [2.45, 2.75) is 19.9 Å². The highest BCUT2D eigenvalue weighted by molar-refractivity contribution is 7.58. The van der Waals surface area contributed by atoms with E-state index in [1.165, 1.54) is 0 Å². The molecule has 0 unspecified atom stereocenters. The molecule has 0 bridgehead atoms. The molecule has 0 spiro atoms. The number of benzene rings is 1. The van der Waals surface area contributed by atoms with E-state index < -0.39 is 0 Å². The molecule has 1 aromatic heterocycles. The quantitative estimate of drug-likeness (QED) is 0.752. The molecule has 110 valence electrons. The Labute approximate surface area is 136 Å². The summed E-state index contributed by atoms with van der Waals surface area (Å²) >= 11 is 13.5. The lowest BCUT2D eigenvalue weighted by Gasteiger charge is -2.11. The zero-order valence-electron chi connectivity index (χ0n) is 11.5. The SMILES string of the molecule is CCc1nn(C)cc1CNc1c(Cl)cc(Cl)c2c1N=S=N2. The standard InChI is InChI=1S/C13H13Cl2N5S/c1-3-10-7(6-20(2)17-10)5-16-11-8(14)4-9(15)12-13(11)19-21-18-12/h4,6,16H,3,5H2,1-2H3. The van der Waals surface area contributed by atoms with Gasteiger partial charge in [0.05, 0.1) is 32.8 Å². The number of hydrogen-bond acceptors (Lipinski definition) is 4. The van der Waals surface area contributed by atoms with Crippen LogP contribution in [0, 0.1) is 0 Å². The molecule has 1 aromatic carbocycles. The van der Waals surface area contributed by atoms with Gasteiger partial charge in [-0.05, 0) is 12.5 Å². The Bertz CT molecular complexity index is 777. The van der Waals surface area contributed by atoms with Gasteiger partial charge in [0, 0.05) is 25.4 Å². The first kappa shape index (κ1) is 14.6. The molecule has 0 atom stereocenters. The molecule has 0 aliphatic carbocycles. The van der Waals surface area contributed by atoms with Crippen molar-refractivity contribution in [2.75, 3.05) is 5.32 Å². The predicted molar refractivity (Wildman–Crippen MR) is 87.9 cm³/mol. The Kier molecular flexibility index (Phi) is 4.01. The molecule has 0 radical (unpaired) electrons. The molecule has 8 heteroatoms. The molecule has 0 saturated heterocycles. The first-order chi connectivity index (χ1) is 10.1. The molecular weight excluding hydrogens is 329 g/mol. The summed E-state index contributed by atoms with van der Waals surface area (Å²) in [5, 5.41) is 8.82. The van der Waals surface area contributed by atoms with Crippen molar-refractivity contribution in [1.82, 2.24) is 9.78 Å². The number of aryl methyl sites for hydroxylation is 2. The van der Waals surface area contributed by atoms with Crippen molar-refractivity contribution < 1.29 is 0 Å². The van der Waals surface area contributed by atoms with Gasteiger partial charge in [-0.1, -0.05) is 30.1 Å². The lowest BCUT2D eigenvalue weighted by atomic mass is 10.2. The molecule has 1 N–H and O–H groups in total. The molecule has 0 fully saturated rings. The highest BCUT2D eigenvalue weighted by Crippen LogP contribution is 2.47. The Hall–Kier alpha value is -1.37. The van der Waals surface area contributed by atoms with Crippen LogP contribution in [-0.4, -0.2) is 9.78 Å². The summed E-state index contributed by atoms with van der Waals surface area (Å²) in [5.41, 5.74) is 4.36. The highest BCUT2D eigenvalue weighted by Gasteiger charge is 2.19. The first-order valence-electron chi connectivity index (χ1n) is 6.45. The van der Waals surface area contributed by atoms with Crippen LogP contribution in [0.5, 0.6) is 0 Å². The van der Waals surface area contributed by atoms with Gasteiger partial charge < -0.3 is 5.32 Å². The summed E-state index contributed by atoms with van der Waals surface area (Å²) in [4.78, 5) is 0. The van der Waals surface area contributed by atoms with Gasteiger partial charge in [0.25, 0.3) is 0 Å². The van der Waals surface area contributed by atoms with E-state index in [1.54, 1.807) is 6.07 Å². The Balaban J connectivity index is 1.90. The number of aromatic nitrogens is 2. The van der Waals surface area contributed by atoms with Crippen LogP contribution in [0.3, 0.4) is 0 Å². The molecular formula is C13H13Cl2N5S. The summed E-state index contributed by atoms with van der Waals surface area (Å²) in [5.74, 6) is 0. The van der Waals surface area contributed by atoms with Gasteiger partial charge in [0.1, 0.15) is 11.4 Å². The summed E-state index contributed by atoms with van der Waals surface area (Å²) in [6.07, 6.45) is 2.89. The minimum absolute atomic E-state index is 0.518. The van der Waals surface area contributed by atoms with Crippen LogP contribution in [-0.2, 0) is 31.4 Å². The maximum atomic E-state index is 6.28. The van der Waals surface area contributed by atoms with Gasteiger partial charge in [-0.15, -0.1) is 0 Å². The monoisotopic (exact) mass is 341 g/mol. The second-order valence-corrected chi connectivity index (χ2v) is 6.00. The van der Waals surface area contributed by atoms with Crippen LogP contribution < -0.4 is 5.32 Å². The van der Waals surface area contributed by atoms with E-state index in [4.69, 9.17) is 23.2 Å². The number of fused-ring (bicyclic) bond motifs is 1. The van der Waals surface area contributed by atoms with Crippen molar-refractivity contribution in [3.8, 4) is 0 Å². The van der Waals surface area contributed by atoms with Crippen molar-refractivity contribution in [3.63, 3.8) is 0 Å². The molecule has 1 aliphatic heterocycles. The van der Waals surface area contributed by atoms with Crippen LogP contribution in [0.1, 0.15) is 18.2 Å². The first-order valence-corrected chi connectivity index (χ1v) is 7.94. The number of anilines is 1. The third kappa shape index (κ3) is 2.71. The lowest BCUT2D eigenvalue weighted by Crippen LogP contribution is -2.02. The van der Waals surface area contributed by atoms with Crippen LogP contribution in [0.4, 0.5) is 17.1 Å².